The zero-order valence-corrected chi connectivity index (χ0v) is 17.2. The average Bonchev–Trinajstić information content (AvgIpc) is 3.18. The minimum Gasteiger partial charge on any atom is -0.319 e. The molecule has 0 bridgehead atoms. The lowest BCUT2D eigenvalue weighted by molar-refractivity contribution is -0.124. The second-order valence-electron chi connectivity index (χ2n) is 7.79. The Morgan fingerprint density at radius 1 is 1.28 bits per heavy atom. The van der Waals surface area contributed by atoms with Crippen LogP contribution in [-0.4, -0.2) is 51.6 Å². The van der Waals surface area contributed by atoms with E-state index in [1.807, 2.05) is 10.6 Å². The van der Waals surface area contributed by atoms with Crippen molar-refractivity contribution >= 4 is 23.0 Å². The van der Waals surface area contributed by atoms with Gasteiger partial charge in [-0.05, 0) is 49.2 Å². The highest BCUT2D eigenvalue weighted by molar-refractivity contribution is 5.91. The molecule has 2 aromatic carbocycles. The number of rotatable bonds is 6. The molecule has 168 valence electrons. The van der Waals surface area contributed by atoms with Gasteiger partial charge in [0.05, 0.1) is 12.1 Å². The third-order valence-corrected chi connectivity index (χ3v) is 5.60. The number of halogens is 3. The van der Waals surface area contributed by atoms with Crippen LogP contribution in [0, 0.1) is 5.82 Å². The number of amides is 1. The van der Waals surface area contributed by atoms with Crippen molar-refractivity contribution in [3.63, 3.8) is 0 Å². The van der Waals surface area contributed by atoms with Crippen LogP contribution in [0.5, 0.6) is 0 Å². The van der Waals surface area contributed by atoms with Crippen molar-refractivity contribution in [3.8, 4) is 11.4 Å². The summed E-state index contributed by atoms with van der Waals surface area (Å²) in [5.74, 6) is -0.569. The van der Waals surface area contributed by atoms with Gasteiger partial charge in [0.25, 0.3) is 12.3 Å². The molecule has 6 nitrogen and oxygen atoms in total. The number of benzene rings is 2. The van der Waals surface area contributed by atoms with E-state index in [9.17, 15) is 18.0 Å². The molecule has 0 saturated carbocycles. The maximum atomic E-state index is 14.6. The third-order valence-electron chi connectivity index (χ3n) is 5.60. The minimum atomic E-state index is -2.41. The summed E-state index contributed by atoms with van der Waals surface area (Å²) in [7, 11) is 0. The molecule has 32 heavy (non-hydrogen) atoms. The number of aromatic nitrogens is 2. The molecule has 1 aliphatic heterocycles. The predicted octanol–water partition coefficient (Wildman–Crippen LogP) is 4.26. The number of nitrogens with zero attached hydrogens (tertiary/aromatic N) is 3. The summed E-state index contributed by atoms with van der Waals surface area (Å²) in [6, 6.07) is 11.8. The van der Waals surface area contributed by atoms with E-state index in [2.05, 4.69) is 4.98 Å². The molecule has 1 amide bonds. The Bertz CT molecular complexity index is 1150. The van der Waals surface area contributed by atoms with Gasteiger partial charge in [0.2, 0.25) is 0 Å². The first-order chi connectivity index (χ1) is 15.5. The summed E-state index contributed by atoms with van der Waals surface area (Å²) in [6.07, 6.45) is 1.83. The van der Waals surface area contributed by atoms with Gasteiger partial charge in [-0.3, -0.25) is 14.9 Å². The van der Waals surface area contributed by atoms with Gasteiger partial charge >= 0.3 is 0 Å². The first-order valence-corrected chi connectivity index (χ1v) is 10.4. The summed E-state index contributed by atoms with van der Waals surface area (Å²) in [6.45, 7) is 0.736. The molecule has 1 aliphatic rings. The number of alkyl halides is 2. The van der Waals surface area contributed by atoms with Crippen LogP contribution in [-0.2, 0) is 4.79 Å². The van der Waals surface area contributed by atoms with Crippen molar-refractivity contribution < 1.29 is 23.2 Å². The van der Waals surface area contributed by atoms with Crippen molar-refractivity contribution in [2.45, 2.75) is 25.3 Å². The van der Waals surface area contributed by atoms with Crippen LogP contribution in [0.1, 0.15) is 24.4 Å². The van der Waals surface area contributed by atoms with Crippen LogP contribution in [0.4, 0.5) is 13.2 Å². The number of hydrogen-bond donors (Lipinski definition) is 2. The Morgan fingerprint density at radius 2 is 2.09 bits per heavy atom. The van der Waals surface area contributed by atoms with Crippen molar-refractivity contribution in [1.82, 2.24) is 19.9 Å². The van der Waals surface area contributed by atoms with Gasteiger partial charge in [0.15, 0.2) is 5.82 Å². The molecule has 2 N–H and O–H groups in total. The number of para-hydroxylation sites is 1. The van der Waals surface area contributed by atoms with E-state index in [4.69, 9.17) is 5.21 Å². The number of hydroxylamine groups is 1. The molecule has 0 radical (unpaired) electrons. The highest BCUT2D eigenvalue weighted by atomic mass is 19.3. The maximum absolute atomic E-state index is 14.6. The molecule has 2 heterocycles. The summed E-state index contributed by atoms with van der Waals surface area (Å²) < 4.78 is 42.5. The van der Waals surface area contributed by atoms with Crippen LogP contribution in [0.15, 0.2) is 48.5 Å². The monoisotopic (exact) mass is 444 g/mol. The van der Waals surface area contributed by atoms with Gasteiger partial charge < -0.3 is 4.57 Å². The number of nitrogens with one attached hydrogen (secondary N) is 1. The normalized spacial score (nSPS) is 17.5. The molecule has 9 heteroatoms. The Morgan fingerprint density at radius 3 is 2.88 bits per heavy atom. The standard InChI is InChI=1S/C23H23F3N4O2/c24-18-7-2-8-19-22(18)27-23(16-5-1-4-15(12-16)9-10-21(31)28-32)30(19)17-6-3-11-29(13-17)14-20(25)26/h1-2,4-5,7-10,12,17,20,32H,3,6,11,13-14H2,(H,28,31)/b10-9+/t17-/m1/s1. The average molecular weight is 444 g/mol. The van der Waals surface area contributed by atoms with E-state index in [1.54, 1.807) is 35.2 Å². The van der Waals surface area contributed by atoms with Crippen LogP contribution in [0.25, 0.3) is 28.5 Å². The largest absolute Gasteiger partial charge is 0.319 e. The topological polar surface area (TPSA) is 70.4 Å². The van der Waals surface area contributed by atoms with Crippen LogP contribution in [0.2, 0.25) is 0 Å². The molecule has 1 atom stereocenters. The zero-order chi connectivity index (χ0) is 22.7. The second-order valence-corrected chi connectivity index (χ2v) is 7.79. The van der Waals surface area contributed by atoms with E-state index in [0.29, 0.717) is 35.6 Å². The molecule has 0 unspecified atom stereocenters. The molecule has 4 rings (SSSR count). The van der Waals surface area contributed by atoms with Gasteiger partial charge in [0.1, 0.15) is 11.3 Å². The van der Waals surface area contributed by atoms with Gasteiger partial charge in [-0.2, -0.15) is 0 Å². The summed E-state index contributed by atoms with van der Waals surface area (Å²) >= 11 is 0. The van der Waals surface area contributed by atoms with Crippen molar-refractivity contribution in [2.75, 3.05) is 19.6 Å². The third kappa shape index (κ3) is 4.68. The highest BCUT2D eigenvalue weighted by Gasteiger charge is 2.27. The summed E-state index contributed by atoms with van der Waals surface area (Å²) in [5.41, 5.74) is 3.77. The lowest BCUT2D eigenvalue weighted by atomic mass is 10.0. The fourth-order valence-corrected chi connectivity index (χ4v) is 4.25. The van der Waals surface area contributed by atoms with E-state index < -0.39 is 18.1 Å². The molecular weight excluding hydrogens is 421 g/mol. The van der Waals surface area contributed by atoms with Gasteiger partial charge in [-0.15, -0.1) is 0 Å². The van der Waals surface area contributed by atoms with Gasteiger partial charge in [-0.25, -0.2) is 23.6 Å². The molecule has 0 spiro atoms. The minimum absolute atomic E-state index is 0.135. The zero-order valence-electron chi connectivity index (χ0n) is 17.2. The molecule has 1 saturated heterocycles. The SMILES string of the molecule is O=C(/C=C/c1cccc(-c2nc3c(F)cccc3n2[C@@H]2CCCN(CC(F)F)C2)c1)NO. The highest BCUT2D eigenvalue weighted by Crippen LogP contribution is 2.34. The number of piperidine rings is 1. The summed E-state index contributed by atoms with van der Waals surface area (Å²) in [5, 5.41) is 8.66. The van der Waals surface area contributed by atoms with E-state index in [-0.39, 0.29) is 18.1 Å². The fourth-order valence-electron chi connectivity index (χ4n) is 4.25. The van der Waals surface area contributed by atoms with E-state index in [1.165, 1.54) is 23.7 Å². The van der Waals surface area contributed by atoms with Crippen molar-refractivity contribution in [2.24, 2.45) is 0 Å². The Balaban J connectivity index is 1.78. The molecule has 0 aliphatic carbocycles. The summed E-state index contributed by atoms with van der Waals surface area (Å²) in [4.78, 5) is 17.6. The number of likely N-dealkylation sites (tertiary alicyclic amines) is 1. The lowest BCUT2D eigenvalue weighted by Crippen LogP contribution is -2.39. The van der Waals surface area contributed by atoms with Crippen LogP contribution < -0.4 is 5.48 Å². The molecule has 1 fully saturated rings. The Labute approximate surface area is 182 Å². The molecular formula is C23H23F3N4O2. The molecule has 3 aromatic rings. The first kappa shape index (κ1) is 22.0. The number of carbonyl (C=O) groups is 1. The number of hydrogen-bond acceptors (Lipinski definition) is 4. The first-order valence-electron chi connectivity index (χ1n) is 10.4. The van der Waals surface area contributed by atoms with E-state index in [0.717, 1.165) is 12.8 Å². The Kier molecular flexibility index (Phi) is 6.57. The number of imidazole rings is 1. The van der Waals surface area contributed by atoms with Crippen molar-refractivity contribution in [1.29, 1.82) is 0 Å². The molecule has 1 aromatic heterocycles. The second kappa shape index (κ2) is 9.54. The smallest absolute Gasteiger partial charge is 0.267 e. The van der Waals surface area contributed by atoms with Gasteiger partial charge in [0, 0.05) is 24.2 Å². The predicted molar refractivity (Wildman–Crippen MR) is 115 cm³/mol. The Hall–Kier alpha value is -3.17. The number of fused-ring (bicyclic) bond motifs is 1. The van der Waals surface area contributed by atoms with Crippen molar-refractivity contribution in [3.05, 3.63) is 59.9 Å². The number of carbonyl (C=O) groups excluding carboxylic acids is 1. The van der Waals surface area contributed by atoms with Crippen LogP contribution >= 0.6 is 0 Å². The van der Waals surface area contributed by atoms with Gasteiger partial charge in [-0.1, -0.05) is 24.3 Å². The van der Waals surface area contributed by atoms with Crippen LogP contribution in [0.3, 0.4) is 0 Å². The fraction of sp³-hybridized carbons (Fsp3) is 0.304. The quantitative estimate of drug-likeness (QED) is 0.339. The lowest BCUT2D eigenvalue weighted by Gasteiger charge is -2.34. The maximum Gasteiger partial charge on any atom is 0.267 e. The van der Waals surface area contributed by atoms with E-state index >= 15 is 0 Å².